The maximum atomic E-state index is 6.09. The van der Waals surface area contributed by atoms with Crippen molar-refractivity contribution in [3.8, 4) is 17.2 Å². The molecule has 0 aliphatic heterocycles. The zero-order chi connectivity index (χ0) is 16.1. The number of anilines is 1. The van der Waals surface area contributed by atoms with Gasteiger partial charge >= 0.3 is 0 Å². The third-order valence-corrected chi connectivity index (χ3v) is 3.47. The molecule has 3 rings (SSSR count). The highest BCUT2D eigenvalue weighted by Gasteiger charge is 2.08. The minimum Gasteiger partial charge on any atom is -0.485 e. The highest BCUT2D eigenvalue weighted by Crippen LogP contribution is 2.32. The normalized spacial score (nSPS) is 10.3. The number of rotatable bonds is 5. The number of ether oxygens (including phenoxy) is 2. The van der Waals surface area contributed by atoms with Gasteiger partial charge in [0.05, 0.1) is 11.2 Å². The maximum absolute atomic E-state index is 6.09. The molecule has 3 aromatic rings. The monoisotopic (exact) mass is 326 g/mol. The smallest absolute Gasteiger partial charge is 0.166 e. The van der Waals surface area contributed by atoms with E-state index in [2.05, 4.69) is 4.98 Å². The van der Waals surface area contributed by atoms with E-state index in [4.69, 9.17) is 26.8 Å². The first kappa shape index (κ1) is 15.2. The van der Waals surface area contributed by atoms with E-state index in [1.165, 1.54) is 6.20 Å². The third-order valence-electron chi connectivity index (χ3n) is 3.16. The first-order chi connectivity index (χ1) is 11.2. The number of para-hydroxylation sites is 1. The lowest BCUT2D eigenvalue weighted by atomic mass is 10.2. The molecule has 0 saturated heterocycles. The van der Waals surface area contributed by atoms with Crippen LogP contribution in [0.15, 0.2) is 66.9 Å². The molecule has 0 amide bonds. The van der Waals surface area contributed by atoms with Gasteiger partial charge in [-0.1, -0.05) is 54.1 Å². The van der Waals surface area contributed by atoms with Crippen LogP contribution in [0.2, 0.25) is 5.02 Å². The highest BCUT2D eigenvalue weighted by atomic mass is 35.5. The summed E-state index contributed by atoms with van der Waals surface area (Å²) in [6.45, 7) is 0.405. The van der Waals surface area contributed by atoms with E-state index in [1.807, 2.05) is 42.5 Å². The van der Waals surface area contributed by atoms with Crippen LogP contribution in [0.3, 0.4) is 0 Å². The number of halogens is 1. The molecular weight excluding hydrogens is 312 g/mol. The first-order valence-electron chi connectivity index (χ1n) is 7.07. The first-order valence-corrected chi connectivity index (χ1v) is 7.45. The summed E-state index contributed by atoms with van der Waals surface area (Å²) in [6, 6.07) is 18.8. The number of hydrogen-bond donors (Lipinski definition) is 1. The molecule has 0 bridgehead atoms. The van der Waals surface area contributed by atoms with Crippen LogP contribution in [0.25, 0.3) is 0 Å². The summed E-state index contributed by atoms with van der Waals surface area (Å²) in [5.41, 5.74) is 6.90. The van der Waals surface area contributed by atoms with Gasteiger partial charge in [-0.15, -0.1) is 0 Å². The number of nitrogens with zero attached hydrogens (tertiary/aromatic N) is 1. The molecule has 0 aliphatic carbocycles. The van der Waals surface area contributed by atoms with E-state index in [9.17, 15) is 0 Å². The van der Waals surface area contributed by atoms with Crippen molar-refractivity contribution in [3.63, 3.8) is 0 Å². The van der Waals surface area contributed by atoms with E-state index < -0.39 is 0 Å². The highest BCUT2D eigenvalue weighted by molar-refractivity contribution is 6.32. The van der Waals surface area contributed by atoms with Gasteiger partial charge in [-0.3, -0.25) is 0 Å². The Morgan fingerprint density at radius 1 is 0.957 bits per heavy atom. The Morgan fingerprint density at radius 3 is 2.48 bits per heavy atom. The zero-order valence-corrected chi connectivity index (χ0v) is 13.0. The standard InChI is InChI=1S/C18H15ClN2O2/c19-15-8-4-5-9-16(15)23-14-10-17(18(20)21-11-14)22-12-13-6-2-1-3-7-13/h1-11H,12H2,(H2,20,21). The van der Waals surface area contributed by atoms with Crippen molar-refractivity contribution in [2.45, 2.75) is 6.61 Å². The second kappa shape index (κ2) is 7.03. The molecular formula is C18H15ClN2O2. The number of hydrogen-bond acceptors (Lipinski definition) is 4. The van der Waals surface area contributed by atoms with Crippen LogP contribution in [0.5, 0.6) is 17.2 Å². The maximum Gasteiger partial charge on any atom is 0.166 e. The second-order valence-corrected chi connectivity index (χ2v) is 5.27. The van der Waals surface area contributed by atoms with Gasteiger partial charge < -0.3 is 15.2 Å². The van der Waals surface area contributed by atoms with Crippen LogP contribution in [-0.2, 0) is 6.61 Å². The molecule has 0 radical (unpaired) electrons. The van der Waals surface area contributed by atoms with Crippen molar-refractivity contribution in [2.75, 3.05) is 5.73 Å². The van der Waals surface area contributed by atoms with Crippen LogP contribution in [0.1, 0.15) is 5.56 Å². The molecule has 2 aromatic carbocycles. The Hall–Kier alpha value is -2.72. The number of benzene rings is 2. The molecule has 0 saturated carbocycles. The molecule has 5 heteroatoms. The Labute approximate surface area is 139 Å². The van der Waals surface area contributed by atoms with E-state index in [1.54, 1.807) is 18.2 Å². The molecule has 23 heavy (non-hydrogen) atoms. The van der Waals surface area contributed by atoms with Crippen LogP contribution < -0.4 is 15.2 Å². The molecule has 0 atom stereocenters. The second-order valence-electron chi connectivity index (χ2n) is 4.86. The Morgan fingerprint density at radius 2 is 1.70 bits per heavy atom. The molecule has 4 nitrogen and oxygen atoms in total. The van der Waals surface area contributed by atoms with Crippen LogP contribution in [0.4, 0.5) is 5.82 Å². The molecule has 116 valence electrons. The van der Waals surface area contributed by atoms with Crippen molar-refractivity contribution in [1.82, 2.24) is 4.98 Å². The lowest BCUT2D eigenvalue weighted by Gasteiger charge is -2.11. The summed E-state index contributed by atoms with van der Waals surface area (Å²) in [5, 5.41) is 0.524. The fourth-order valence-electron chi connectivity index (χ4n) is 2.00. The number of nitrogens with two attached hydrogens (primary N) is 1. The van der Waals surface area contributed by atoms with E-state index in [0.29, 0.717) is 34.7 Å². The fourth-order valence-corrected chi connectivity index (χ4v) is 2.17. The van der Waals surface area contributed by atoms with E-state index >= 15 is 0 Å². The average molecular weight is 327 g/mol. The van der Waals surface area contributed by atoms with Crippen LogP contribution in [-0.4, -0.2) is 4.98 Å². The van der Waals surface area contributed by atoms with Crippen LogP contribution in [0, 0.1) is 0 Å². The van der Waals surface area contributed by atoms with Gasteiger partial charge in [0.15, 0.2) is 11.6 Å². The van der Waals surface area contributed by atoms with Gasteiger partial charge in [0.2, 0.25) is 0 Å². The van der Waals surface area contributed by atoms with Gasteiger partial charge in [0.25, 0.3) is 0 Å². The molecule has 0 spiro atoms. The summed E-state index contributed by atoms with van der Waals surface area (Å²) >= 11 is 6.09. The third kappa shape index (κ3) is 3.93. The SMILES string of the molecule is Nc1ncc(Oc2ccccc2Cl)cc1OCc1ccccc1. The quantitative estimate of drug-likeness (QED) is 0.739. The van der Waals surface area contributed by atoms with Crippen molar-refractivity contribution < 1.29 is 9.47 Å². The van der Waals surface area contributed by atoms with Gasteiger partial charge in [-0.25, -0.2) is 4.98 Å². The molecule has 0 unspecified atom stereocenters. The Balaban J connectivity index is 1.75. The summed E-state index contributed by atoms with van der Waals surface area (Å²) in [5.74, 6) is 1.84. The van der Waals surface area contributed by atoms with Crippen molar-refractivity contribution >= 4 is 17.4 Å². The predicted octanol–water partition coefficient (Wildman–Crippen LogP) is 4.69. The van der Waals surface area contributed by atoms with E-state index in [0.717, 1.165) is 5.56 Å². The van der Waals surface area contributed by atoms with Crippen LogP contribution >= 0.6 is 11.6 Å². The molecule has 1 heterocycles. The molecule has 2 N–H and O–H groups in total. The van der Waals surface area contributed by atoms with Gasteiger partial charge in [-0.05, 0) is 17.7 Å². The largest absolute Gasteiger partial charge is 0.485 e. The Bertz CT molecular complexity index is 794. The van der Waals surface area contributed by atoms with Gasteiger partial charge in [0.1, 0.15) is 18.1 Å². The minimum atomic E-state index is 0.312. The van der Waals surface area contributed by atoms with Crippen molar-refractivity contribution in [3.05, 3.63) is 77.4 Å². The summed E-state index contributed by atoms with van der Waals surface area (Å²) in [7, 11) is 0. The number of nitrogen functional groups attached to an aromatic ring is 1. The minimum absolute atomic E-state index is 0.312. The summed E-state index contributed by atoms with van der Waals surface area (Å²) in [4.78, 5) is 4.10. The molecule has 1 aromatic heterocycles. The lowest BCUT2D eigenvalue weighted by molar-refractivity contribution is 0.305. The fraction of sp³-hybridized carbons (Fsp3) is 0.0556. The van der Waals surface area contributed by atoms with E-state index in [-0.39, 0.29) is 0 Å². The van der Waals surface area contributed by atoms with Crippen molar-refractivity contribution in [2.24, 2.45) is 0 Å². The average Bonchev–Trinajstić information content (AvgIpc) is 2.58. The summed E-state index contributed by atoms with van der Waals surface area (Å²) in [6.07, 6.45) is 1.54. The number of pyridine rings is 1. The zero-order valence-electron chi connectivity index (χ0n) is 12.3. The van der Waals surface area contributed by atoms with Gasteiger partial charge in [-0.2, -0.15) is 0 Å². The topological polar surface area (TPSA) is 57.4 Å². The molecule has 0 fully saturated rings. The van der Waals surface area contributed by atoms with Crippen molar-refractivity contribution in [1.29, 1.82) is 0 Å². The number of aromatic nitrogens is 1. The lowest BCUT2D eigenvalue weighted by Crippen LogP contribution is -2.01. The predicted molar refractivity (Wildman–Crippen MR) is 90.9 cm³/mol. The Kier molecular flexibility index (Phi) is 4.64. The van der Waals surface area contributed by atoms with Gasteiger partial charge in [0, 0.05) is 6.07 Å². The summed E-state index contributed by atoms with van der Waals surface area (Å²) < 4.78 is 11.5. The molecule has 0 aliphatic rings.